The van der Waals surface area contributed by atoms with Gasteiger partial charge in [0.05, 0.1) is 0 Å². The van der Waals surface area contributed by atoms with Crippen molar-refractivity contribution in [2.75, 3.05) is 19.0 Å². The molecule has 2 heterocycles. The van der Waals surface area contributed by atoms with Crippen LogP contribution in [0, 0.1) is 0 Å². The summed E-state index contributed by atoms with van der Waals surface area (Å²) >= 11 is 5.20. The predicted octanol–water partition coefficient (Wildman–Crippen LogP) is 3.26. The van der Waals surface area contributed by atoms with Crippen molar-refractivity contribution < 1.29 is 0 Å². The van der Waals surface area contributed by atoms with E-state index in [0.29, 0.717) is 0 Å². The summed E-state index contributed by atoms with van der Waals surface area (Å²) in [6.45, 7) is 1.70. The Labute approximate surface area is 120 Å². The monoisotopic (exact) mass is 325 g/mol. The lowest BCUT2D eigenvalue weighted by atomic mass is 10.2. The van der Waals surface area contributed by atoms with Gasteiger partial charge in [0, 0.05) is 36.4 Å². The first-order valence-electron chi connectivity index (χ1n) is 5.72. The predicted molar refractivity (Wildman–Crippen MR) is 81.1 cm³/mol. The van der Waals surface area contributed by atoms with Crippen molar-refractivity contribution >= 4 is 33.1 Å². The van der Waals surface area contributed by atoms with Gasteiger partial charge < -0.3 is 10.2 Å². The standard InChI is InChI=1S/C13H16BrN3S/c1-15-6-11-5-12(14)7-16-13(11)17(2)8-10-3-4-18-9-10/h3-5,7,9,15H,6,8H2,1-2H3. The number of pyridine rings is 1. The quantitative estimate of drug-likeness (QED) is 0.914. The average molecular weight is 326 g/mol. The Bertz CT molecular complexity index is 499. The third-order valence-electron chi connectivity index (χ3n) is 2.64. The maximum absolute atomic E-state index is 4.52. The Morgan fingerprint density at radius 2 is 2.33 bits per heavy atom. The summed E-state index contributed by atoms with van der Waals surface area (Å²) in [6, 6.07) is 4.26. The second kappa shape index (κ2) is 6.31. The minimum atomic E-state index is 0.815. The zero-order chi connectivity index (χ0) is 13.0. The molecule has 0 saturated heterocycles. The topological polar surface area (TPSA) is 28.2 Å². The van der Waals surface area contributed by atoms with Crippen LogP contribution in [0.4, 0.5) is 5.82 Å². The summed E-state index contributed by atoms with van der Waals surface area (Å²) in [4.78, 5) is 6.70. The summed E-state index contributed by atoms with van der Waals surface area (Å²) in [5, 5.41) is 7.46. The molecule has 0 aliphatic heterocycles. The Morgan fingerprint density at radius 1 is 1.50 bits per heavy atom. The van der Waals surface area contributed by atoms with Crippen molar-refractivity contribution in [3.8, 4) is 0 Å². The van der Waals surface area contributed by atoms with E-state index in [4.69, 9.17) is 0 Å². The molecule has 96 valence electrons. The molecule has 0 aromatic carbocycles. The van der Waals surface area contributed by atoms with Crippen molar-refractivity contribution in [2.45, 2.75) is 13.1 Å². The van der Waals surface area contributed by atoms with Crippen molar-refractivity contribution in [3.05, 3.63) is 44.7 Å². The van der Waals surface area contributed by atoms with Gasteiger partial charge in [0.15, 0.2) is 0 Å². The van der Waals surface area contributed by atoms with Gasteiger partial charge in [-0.1, -0.05) is 0 Å². The zero-order valence-electron chi connectivity index (χ0n) is 10.5. The van der Waals surface area contributed by atoms with Gasteiger partial charge >= 0.3 is 0 Å². The molecule has 0 spiro atoms. The van der Waals surface area contributed by atoms with Crippen LogP contribution in [-0.4, -0.2) is 19.1 Å². The molecule has 2 aromatic rings. The van der Waals surface area contributed by atoms with E-state index in [-0.39, 0.29) is 0 Å². The van der Waals surface area contributed by atoms with Crippen LogP contribution < -0.4 is 10.2 Å². The highest BCUT2D eigenvalue weighted by Crippen LogP contribution is 2.22. The van der Waals surface area contributed by atoms with Gasteiger partial charge in [0.1, 0.15) is 5.82 Å². The minimum Gasteiger partial charge on any atom is -0.355 e. The largest absolute Gasteiger partial charge is 0.355 e. The number of halogens is 1. The van der Waals surface area contributed by atoms with Gasteiger partial charge in [-0.05, 0) is 51.4 Å². The fourth-order valence-corrected chi connectivity index (χ4v) is 2.91. The molecule has 0 aliphatic rings. The van der Waals surface area contributed by atoms with Gasteiger partial charge in [0.2, 0.25) is 0 Å². The molecule has 2 rings (SSSR count). The second-order valence-electron chi connectivity index (χ2n) is 4.15. The van der Waals surface area contributed by atoms with Crippen LogP contribution in [0.5, 0.6) is 0 Å². The fourth-order valence-electron chi connectivity index (χ4n) is 1.87. The average Bonchev–Trinajstić information content (AvgIpc) is 2.82. The lowest BCUT2D eigenvalue weighted by Gasteiger charge is -2.21. The van der Waals surface area contributed by atoms with E-state index < -0.39 is 0 Å². The number of rotatable bonds is 5. The smallest absolute Gasteiger partial charge is 0.133 e. The zero-order valence-corrected chi connectivity index (χ0v) is 12.9. The van der Waals surface area contributed by atoms with Crippen LogP contribution in [0.3, 0.4) is 0 Å². The normalized spacial score (nSPS) is 10.6. The van der Waals surface area contributed by atoms with E-state index in [9.17, 15) is 0 Å². The molecule has 18 heavy (non-hydrogen) atoms. The van der Waals surface area contributed by atoms with Crippen molar-refractivity contribution in [2.24, 2.45) is 0 Å². The lowest BCUT2D eigenvalue weighted by molar-refractivity contribution is 0.795. The van der Waals surface area contributed by atoms with Crippen LogP contribution in [0.15, 0.2) is 33.6 Å². The summed E-state index contributed by atoms with van der Waals surface area (Å²) in [7, 11) is 4.02. The summed E-state index contributed by atoms with van der Waals surface area (Å²) in [6.07, 6.45) is 1.85. The maximum atomic E-state index is 4.52. The molecule has 0 unspecified atom stereocenters. The Hall–Kier alpha value is -0.910. The SMILES string of the molecule is CNCc1cc(Br)cnc1N(C)Cc1ccsc1. The van der Waals surface area contributed by atoms with Crippen molar-refractivity contribution in [3.63, 3.8) is 0 Å². The summed E-state index contributed by atoms with van der Waals surface area (Å²) in [5.41, 5.74) is 2.52. The number of anilines is 1. The molecule has 0 fully saturated rings. The molecule has 0 bridgehead atoms. The van der Waals surface area contributed by atoms with Gasteiger partial charge in [-0.25, -0.2) is 4.98 Å². The van der Waals surface area contributed by atoms with Crippen LogP contribution >= 0.6 is 27.3 Å². The van der Waals surface area contributed by atoms with Crippen LogP contribution in [0.25, 0.3) is 0 Å². The number of thiophene rings is 1. The third kappa shape index (κ3) is 3.31. The number of nitrogens with zero attached hydrogens (tertiary/aromatic N) is 2. The van der Waals surface area contributed by atoms with Gasteiger partial charge in [0.25, 0.3) is 0 Å². The van der Waals surface area contributed by atoms with Crippen LogP contribution in [0.2, 0.25) is 0 Å². The van der Waals surface area contributed by atoms with E-state index in [1.54, 1.807) is 11.3 Å². The van der Waals surface area contributed by atoms with Gasteiger partial charge in [-0.15, -0.1) is 0 Å². The molecule has 1 N–H and O–H groups in total. The third-order valence-corrected chi connectivity index (χ3v) is 3.80. The van der Waals surface area contributed by atoms with E-state index in [1.165, 1.54) is 11.1 Å². The highest BCUT2D eigenvalue weighted by Gasteiger charge is 2.10. The Balaban J connectivity index is 2.20. The molecule has 0 atom stereocenters. The van der Waals surface area contributed by atoms with Crippen LogP contribution in [0.1, 0.15) is 11.1 Å². The highest BCUT2D eigenvalue weighted by atomic mass is 79.9. The van der Waals surface area contributed by atoms with E-state index >= 15 is 0 Å². The van der Waals surface area contributed by atoms with E-state index in [1.807, 2.05) is 13.2 Å². The van der Waals surface area contributed by atoms with E-state index in [0.717, 1.165) is 23.4 Å². The number of hydrogen-bond donors (Lipinski definition) is 1. The lowest BCUT2D eigenvalue weighted by Crippen LogP contribution is -2.20. The number of nitrogens with one attached hydrogen (secondary N) is 1. The first-order valence-corrected chi connectivity index (χ1v) is 7.45. The van der Waals surface area contributed by atoms with Crippen molar-refractivity contribution in [1.82, 2.24) is 10.3 Å². The van der Waals surface area contributed by atoms with Gasteiger partial charge in [-0.3, -0.25) is 0 Å². The van der Waals surface area contributed by atoms with Crippen molar-refractivity contribution in [1.29, 1.82) is 0 Å². The van der Waals surface area contributed by atoms with E-state index in [2.05, 4.69) is 61.1 Å². The van der Waals surface area contributed by atoms with Crippen LogP contribution in [-0.2, 0) is 13.1 Å². The molecule has 0 aliphatic carbocycles. The molecule has 0 amide bonds. The molecular weight excluding hydrogens is 310 g/mol. The fraction of sp³-hybridized carbons (Fsp3) is 0.308. The molecule has 0 radical (unpaired) electrons. The first-order chi connectivity index (χ1) is 8.70. The Morgan fingerprint density at radius 3 is 3.00 bits per heavy atom. The number of hydrogen-bond acceptors (Lipinski definition) is 4. The molecule has 0 saturated carbocycles. The summed E-state index contributed by atoms with van der Waals surface area (Å²) in [5.74, 6) is 1.03. The first kappa shape index (κ1) is 13.5. The molecule has 2 aromatic heterocycles. The maximum Gasteiger partial charge on any atom is 0.133 e. The number of aromatic nitrogens is 1. The van der Waals surface area contributed by atoms with Gasteiger partial charge in [-0.2, -0.15) is 11.3 Å². The second-order valence-corrected chi connectivity index (χ2v) is 5.85. The Kier molecular flexibility index (Phi) is 4.74. The minimum absolute atomic E-state index is 0.815. The molecular formula is C13H16BrN3S. The highest BCUT2D eigenvalue weighted by molar-refractivity contribution is 9.10. The summed E-state index contributed by atoms with van der Waals surface area (Å²) < 4.78 is 1.01. The molecule has 3 nitrogen and oxygen atoms in total. The molecule has 5 heteroatoms.